The van der Waals surface area contributed by atoms with Gasteiger partial charge in [-0.2, -0.15) is 0 Å². The highest BCUT2D eigenvalue weighted by atomic mass is 16.2. The Morgan fingerprint density at radius 3 is 2.52 bits per heavy atom. The van der Waals surface area contributed by atoms with Crippen molar-refractivity contribution in [2.45, 2.75) is 27.3 Å². The van der Waals surface area contributed by atoms with E-state index in [9.17, 15) is 4.79 Å². The van der Waals surface area contributed by atoms with Crippen molar-refractivity contribution in [1.82, 2.24) is 9.97 Å². The van der Waals surface area contributed by atoms with E-state index in [1.54, 1.807) is 18.5 Å². The van der Waals surface area contributed by atoms with Gasteiger partial charge in [0.1, 0.15) is 5.82 Å². The molecule has 0 aliphatic heterocycles. The Labute approximate surface area is 124 Å². The van der Waals surface area contributed by atoms with E-state index in [0.717, 1.165) is 11.4 Å². The lowest BCUT2D eigenvalue weighted by Gasteiger charge is -2.17. The highest BCUT2D eigenvalue weighted by Gasteiger charge is 2.21. The molecule has 2 aromatic rings. The fourth-order valence-electron chi connectivity index (χ4n) is 1.57. The summed E-state index contributed by atoms with van der Waals surface area (Å²) in [6.07, 6.45) is 3.46. The number of hydrogen-bond donors (Lipinski definition) is 2. The highest BCUT2D eigenvalue weighted by molar-refractivity contribution is 5.93. The number of carbonyl (C=O) groups is 1. The number of carbonyl (C=O) groups excluding carboxylic acids is 1. The minimum atomic E-state index is -0.433. The van der Waals surface area contributed by atoms with E-state index in [4.69, 9.17) is 0 Å². The molecule has 0 saturated heterocycles. The van der Waals surface area contributed by atoms with Gasteiger partial charge in [0.2, 0.25) is 5.91 Å². The SMILES string of the molecule is CC(C)(C)C(=O)Nc1ccc(NCc2ccccn2)cn1. The summed E-state index contributed by atoms with van der Waals surface area (Å²) < 4.78 is 0. The van der Waals surface area contributed by atoms with Gasteiger partial charge in [-0.1, -0.05) is 26.8 Å². The second-order valence-corrected chi connectivity index (χ2v) is 5.81. The third-order valence-corrected chi connectivity index (χ3v) is 2.89. The minimum Gasteiger partial charge on any atom is -0.378 e. The molecule has 0 saturated carbocycles. The van der Waals surface area contributed by atoms with Crippen molar-refractivity contribution in [3.05, 3.63) is 48.4 Å². The van der Waals surface area contributed by atoms with E-state index in [0.29, 0.717) is 12.4 Å². The number of amides is 1. The first kappa shape index (κ1) is 15.0. The summed E-state index contributed by atoms with van der Waals surface area (Å²) in [5.41, 5.74) is 1.41. The summed E-state index contributed by atoms with van der Waals surface area (Å²) in [7, 11) is 0. The summed E-state index contributed by atoms with van der Waals surface area (Å²) in [6, 6.07) is 9.46. The van der Waals surface area contributed by atoms with Crippen molar-refractivity contribution in [3.8, 4) is 0 Å². The molecule has 2 rings (SSSR count). The Bertz CT molecular complexity index is 588. The number of aromatic nitrogens is 2. The standard InChI is InChI=1S/C16H20N4O/c1-16(2,3)15(21)20-14-8-7-13(11-19-14)18-10-12-6-4-5-9-17-12/h4-9,11,18H,10H2,1-3H3,(H,19,20,21). The number of rotatable bonds is 4. The van der Waals surface area contributed by atoms with E-state index < -0.39 is 5.41 Å². The van der Waals surface area contributed by atoms with Gasteiger partial charge >= 0.3 is 0 Å². The number of hydrogen-bond acceptors (Lipinski definition) is 4. The van der Waals surface area contributed by atoms with Crippen LogP contribution in [-0.2, 0) is 11.3 Å². The lowest BCUT2D eigenvalue weighted by molar-refractivity contribution is -0.123. The van der Waals surface area contributed by atoms with Crippen LogP contribution in [0.15, 0.2) is 42.7 Å². The lowest BCUT2D eigenvalue weighted by atomic mass is 9.96. The van der Waals surface area contributed by atoms with Crippen LogP contribution in [0.1, 0.15) is 26.5 Å². The fraction of sp³-hybridized carbons (Fsp3) is 0.312. The Morgan fingerprint density at radius 1 is 1.14 bits per heavy atom. The van der Waals surface area contributed by atoms with Crippen LogP contribution in [0.25, 0.3) is 0 Å². The van der Waals surface area contributed by atoms with Gasteiger partial charge in [-0.3, -0.25) is 9.78 Å². The molecule has 0 aliphatic carbocycles. The largest absolute Gasteiger partial charge is 0.378 e. The predicted molar refractivity (Wildman–Crippen MR) is 83.9 cm³/mol. The summed E-state index contributed by atoms with van der Waals surface area (Å²) in [6.45, 7) is 6.23. The average Bonchev–Trinajstić information content (AvgIpc) is 2.46. The smallest absolute Gasteiger partial charge is 0.230 e. The lowest BCUT2D eigenvalue weighted by Crippen LogP contribution is -2.27. The zero-order chi connectivity index (χ0) is 15.3. The molecule has 1 amide bonds. The maximum absolute atomic E-state index is 11.9. The number of pyridine rings is 2. The van der Waals surface area contributed by atoms with Gasteiger partial charge < -0.3 is 10.6 Å². The second-order valence-electron chi connectivity index (χ2n) is 5.81. The second kappa shape index (κ2) is 6.35. The normalized spacial score (nSPS) is 11.0. The first-order chi connectivity index (χ1) is 9.95. The summed E-state index contributed by atoms with van der Waals surface area (Å²) >= 11 is 0. The van der Waals surface area contributed by atoms with Crippen molar-refractivity contribution >= 4 is 17.4 Å². The first-order valence-electron chi connectivity index (χ1n) is 6.86. The molecule has 2 aromatic heterocycles. The van der Waals surface area contributed by atoms with Crippen LogP contribution in [0.5, 0.6) is 0 Å². The molecule has 5 nitrogen and oxygen atoms in total. The molecule has 0 atom stereocenters. The average molecular weight is 284 g/mol. The van der Waals surface area contributed by atoms with Crippen molar-refractivity contribution in [2.24, 2.45) is 5.41 Å². The number of nitrogens with zero attached hydrogens (tertiary/aromatic N) is 2. The molecule has 0 aliphatic rings. The van der Waals surface area contributed by atoms with Gasteiger partial charge in [-0.25, -0.2) is 4.98 Å². The topological polar surface area (TPSA) is 66.9 Å². The van der Waals surface area contributed by atoms with Crippen LogP contribution in [0.3, 0.4) is 0 Å². The maximum atomic E-state index is 11.9. The monoisotopic (exact) mass is 284 g/mol. The highest BCUT2D eigenvalue weighted by Crippen LogP contribution is 2.17. The molecule has 0 unspecified atom stereocenters. The molecule has 110 valence electrons. The Morgan fingerprint density at radius 2 is 1.95 bits per heavy atom. The van der Waals surface area contributed by atoms with Crippen molar-refractivity contribution in [1.29, 1.82) is 0 Å². The van der Waals surface area contributed by atoms with Gasteiger partial charge in [0.15, 0.2) is 0 Å². The molecule has 0 fully saturated rings. The molecule has 0 spiro atoms. The van der Waals surface area contributed by atoms with Crippen LogP contribution in [0.4, 0.5) is 11.5 Å². The maximum Gasteiger partial charge on any atom is 0.230 e. The summed E-state index contributed by atoms with van der Waals surface area (Å²) in [5, 5.41) is 6.03. The quantitative estimate of drug-likeness (QED) is 0.905. The Kier molecular flexibility index (Phi) is 4.52. The van der Waals surface area contributed by atoms with E-state index in [-0.39, 0.29) is 5.91 Å². The molecule has 0 radical (unpaired) electrons. The number of nitrogens with one attached hydrogen (secondary N) is 2. The van der Waals surface area contributed by atoms with Crippen LogP contribution in [0, 0.1) is 5.41 Å². The van der Waals surface area contributed by atoms with Crippen LogP contribution >= 0.6 is 0 Å². The first-order valence-corrected chi connectivity index (χ1v) is 6.86. The van der Waals surface area contributed by atoms with Gasteiger partial charge in [0, 0.05) is 11.6 Å². The van der Waals surface area contributed by atoms with E-state index in [1.807, 2.05) is 45.0 Å². The molecule has 2 heterocycles. The molecule has 2 N–H and O–H groups in total. The van der Waals surface area contributed by atoms with E-state index in [2.05, 4.69) is 20.6 Å². The summed E-state index contributed by atoms with van der Waals surface area (Å²) in [4.78, 5) is 20.3. The molecule has 5 heteroatoms. The van der Waals surface area contributed by atoms with E-state index >= 15 is 0 Å². The van der Waals surface area contributed by atoms with Crippen LogP contribution in [0.2, 0.25) is 0 Å². The zero-order valence-corrected chi connectivity index (χ0v) is 12.6. The van der Waals surface area contributed by atoms with Crippen molar-refractivity contribution in [2.75, 3.05) is 10.6 Å². The number of anilines is 2. The third kappa shape index (κ3) is 4.56. The van der Waals surface area contributed by atoms with Crippen LogP contribution in [-0.4, -0.2) is 15.9 Å². The van der Waals surface area contributed by atoms with E-state index in [1.165, 1.54) is 0 Å². The zero-order valence-electron chi connectivity index (χ0n) is 12.6. The molecule has 0 aromatic carbocycles. The van der Waals surface area contributed by atoms with Crippen LogP contribution < -0.4 is 10.6 Å². The summed E-state index contributed by atoms with van der Waals surface area (Å²) in [5.74, 6) is 0.502. The molecule has 21 heavy (non-hydrogen) atoms. The molecular weight excluding hydrogens is 264 g/mol. The van der Waals surface area contributed by atoms with Crippen molar-refractivity contribution < 1.29 is 4.79 Å². The minimum absolute atomic E-state index is 0.0517. The predicted octanol–water partition coefficient (Wildman–Crippen LogP) is 3.07. The van der Waals surface area contributed by atoms with Gasteiger partial charge in [-0.05, 0) is 24.3 Å². The van der Waals surface area contributed by atoms with Gasteiger partial charge in [0.25, 0.3) is 0 Å². The van der Waals surface area contributed by atoms with Gasteiger partial charge in [-0.15, -0.1) is 0 Å². The fourth-order valence-corrected chi connectivity index (χ4v) is 1.57. The molecular formula is C16H20N4O. The third-order valence-electron chi connectivity index (χ3n) is 2.89. The van der Waals surface area contributed by atoms with Crippen molar-refractivity contribution in [3.63, 3.8) is 0 Å². The Hall–Kier alpha value is -2.43. The Balaban J connectivity index is 1.92. The molecule has 0 bridgehead atoms. The van der Waals surface area contributed by atoms with Gasteiger partial charge in [0.05, 0.1) is 24.1 Å².